The summed E-state index contributed by atoms with van der Waals surface area (Å²) in [7, 11) is 0. The molecule has 0 aliphatic heterocycles. The first kappa shape index (κ1) is 18.6. The van der Waals surface area contributed by atoms with Crippen LogP contribution in [0.15, 0.2) is 53.1 Å². The van der Waals surface area contributed by atoms with E-state index in [0.29, 0.717) is 24.7 Å². The Morgan fingerprint density at radius 3 is 2.52 bits per heavy atom. The van der Waals surface area contributed by atoms with Crippen LogP contribution in [0, 0.1) is 0 Å². The van der Waals surface area contributed by atoms with Crippen molar-refractivity contribution in [1.82, 2.24) is 15.1 Å². The Hall–Kier alpha value is -3.22. The number of hydrogen-bond acceptors (Lipinski definition) is 5. The Labute approximate surface area is 157 Å². The Bertz CT molecular complexity index is 867. The fraction of sp³-hybridized carbons (Fsp3) is 0.300. The average Bonchev–Trinajstić information content (AvgIpc) is 3.35. The maximum absolute atomic E-state index is 12.2. The van der Waals surface area contributed by atoms with Crippen molar-refractivity contribution in [2.45, 2.75) is 33.5 Å². The van der Waals surface area contributed by atoms with E-state index in [1.165, 1.54) is 0 Å². The molecule has 142 valence electrons. The zero-order valence-corrected chi connectivity index (χ0v) is 15.5. The Balaban J connectivity index is 1.50. The molecule has 0 atom stereocenters. The van der Waals surface area contributed by atoms with Gasteiger partial charge < -0.3 is 19.2 Å². The van der Waals surface area contributed by atoms with Gasteiger partial charge in [0.15, 0.2) is 5.76 Å². The number of nitrogens with zero attached hydrogens (tertiary/aromatic N) is 2. The minimum atomic E-state index is -0.272. The zero-order chi connectivity index (χ0) is 19.1. The molecule has 2 aromatic heterocycles. The van der Waals surface area contributed by atoms with Gasteiger partial charge in [-0.15, -0.1) is 0 Å². The fourth-order valence-corrected chi connectivity index (χ4v) is 2.58. The molecular formula is C20H23N3O4. The molecule has 2 heterocycles. The van der Waals surface area contributed by atoms with E-state index < -0.39 is 0 Å². The van der Waals surface area contributed by atoms with Crippen molar-refractivity contribution in [3.05, 3.63) is 65.9 Å². The molecule has 0 aliphatic rings. The summed E-state index contributed by atoms with van der Waals surface area (Å²) in [6.45, 7) is 5.95. The summed E-state index contributed by atoms with van der Waals surface area (Å²) in [5, 5.41) is 7.01. The topological polar surface area (TPSA) is 78.5 Å². The van der Waals surface area contributed by atoms with Crippen LogP contribution in [-0.2, 0) is 19.7 Å². The van der Waals surface area contributed by atoms with E-state index in [2.05, 4.69) is 10.4 Å². The second kappa shape index (κ2) is 8.93. The molecule has 0 saturated heterocycles. The molecule has 7 heteroatoms. The van der Waals surface area contributed by atoms with Gasteiger partial charge in [-0.2, -0.15) is 5.10 Å². The summed E-state index contributed by atoms with van der Waals surface area (Å²) in [5.74, 6) is 2.06. The Morgan fingerprint density at radius 2 is 1.81 bits per heavy atom. The first-order chi connectivity index (χ1) is 13.2. The molecule has 7 nitrogen and oxygen atoms in total. The predicted octanol–water partition coefficient (Wildman–Crippen LogP) is 3.40. The summed E-state index contributed by atoms with van der Waals surface area (Å²) in [5.41, 5.74) is 0.941. The summed E-state index contributed by atoms with van der Waals surface area (Å²) in [4.78, 5) is 12.2. The second-order valence-corrected chi connectivity index (χ2v) is 5.78. The molecule has 0 radical (unpaired) electrons. The van der Waals surface area contributed by atoms with Crippen molar-refractivity contribution in [2.75, 3.05) is 6.61 Å². The number of rotatable bonds is 9. The zero-order valence-electron chi connectivity index (χ0n) is 15.5. The van der Waals surface area contributed by atoms with E-state index in [9.17, 15) is 4.79 Å². The van der Waals surface area contributed by atoms with Crippen LogP contribution in [0.4, 0.5) is 0 Å². The van der Waals surface area contributed by atoms with Gasteiger partial charge in [0.2, 0.25) is 0 Å². The molecule has 27 heavy (non-hydrogen) atoms. The highest BCUT2D eigenvalue weighted by Crippen LogP contribution is 2.19. The van der Waals surface area contributed by atoms with Crippen molar-refractivity contribution in [2.24, 2.45) is 0 Å². The molecule has 1 aromatic carbocycles. The number of aryl methyl sites for hydroxylation is 1. The van der Waals surface area contributed by atoms with Gasteiger partial charge in [-0.1, -0.05) is 0 Å². The van der Waals surface area contributed by atoms with Crippen LogP contribution in [0.25, 0.3) is 0 Å². The van der Waals surface area contributed by atoms with Crippen molar-refractivity contribution < 1.29 is 18.7 Å². The highest BCUT2D eigenvalue weighted by Gasteiger charge is 2.12. The summed E-state index contributed by atoms with van der Waals surface area (Å²) in [6.07, 6.45) is 1.72. The summed E-state index contributed by atoms with van der Waals surface area (Å²) >= 11 is 0. The van der Waals surface area contributed by atoms with E-state index in [0.717, 1.165) is 18.0 Å². The number of benzene rings is 1. The highest BCUT2D eigenvalue weighted by molar-refractivity contribution is 5.91. The standard InChI is InChI=1S/C20H23N3O4/c1-3-23-15(11-12-22-23)13-21-20(24)19-10-9-18(27-19)14-26-17-7-5-16(6-8-17)25-4-2/h5-12H,3-4,13-14H2,1-2H3,(H,21,24). The first-order valence-corrected chi connectivity index (χ1v) is 8.92. The van der Waals surface area contributed by atoms with E-state index >= 15 is 0 Å². The maximum atomic E-state index is 12.2. The molecule has 3 rings (SSSR count). The van der Waals surface area contributed by atoms with Crippen molar-refractivity contribution >= 4 is 5.91 Å². The molecule has 0 unspecified atom stereocenters. The van der Waals surface area contributed by atoms with Crippen LogP contribution in [-0.4, -0.2) is 22.3 Å². The fourth-order valence-electron chi connectivity index (χ4n) is 2.58. The van der Waals surface area contributed by atoms with Crippen LogP contribution in [0.2, 0.25) is 0 Å². The van der Waals surface area contributed by atoms with Crippen molar-refractivity contribution in [3.8, 4) is 11.5 Å². The Kier molecular flexibility index (Phi) is 6.14. The molecule has 0 bridgehead atoms. The number of nitrogens with one attached hydrogen (secondary N) is 1. The molecule has 3 aromatic rings. The van der Waals surface area contributed by atoms with Gasteiger partial charge in [-0.3, -0.25) is 9.48 Å². The third kappa shape index (κ3) is 4.91. The van der Waals surface area contributed by atoms with E-state index in [1.807, 2.05) is 48.9 Å². The minimum absolute atomic E-state index is 0.240. The number of aromatic nitrogens is 2. The van der Waals surface area contributed by atoms with Crippen molar-refractivity contribution in [3.63, 3.8) is 0 Å². The molecule has 0 aliphatic carbocycles. The second-order valence-electron chi connectivity index (χ2n) is 5.78. The van der Waals surface area contributed by atoms with E-state index in [1.54, 1.807) is 18.3 Å². The smallest absolute Gasteiger partial charge is 0.287 e. The molecule has 1 amide bonds. The van der Waals surface area contributed by atoms with Gasteiger partial charge in [0, 0.05) is 12.7 Å². The van der Waals surface area contributed by atoms with Gasteiger partial charge in [0.25, 0.3) is 5.91 Å². The lowest BCUT2D eigenvalue weighted by atomic mass is 10.3. The van der Waals surface area contributed by atoms with E-state index in [-0.39, 0.29) is 18.3 Å². The number of carbonyl (C=O) groups is 1. The lowest BCUT2D eigenvalue weighted by Gasteiger charge is -2.07. The van der Waals surface area contributed by atoms with Crippen LogP contribution < -0.4 is 14.8 Å². The predicted molar refractivity (Wildman–Crippen MR) is 99.7 cm³/mol. The van der Waals surface area contributed by atoms with Gasteiger partial charge in [-0.25, -0.2) is 0 Å². The lowest BCUT2D eigenvalue weighted by Crippen LogP contribution is -2.23. The number of furan rings is 1. The third-order valence-corrected chi connectivity index (χ3v) is 3.94. The van der Waals surface area contributed by atoms with Crippen molar-refractivity contribution in [1.29, 1.82) is 0 Å². The number of amides is 1. The summed E-state index contributed by atoms with van der Waals surface area (Å²) < 4.78 is 18.5. The number of hydrogen-bond donors (Lipinski definition) is 1. The minimum Gasteiger partial charge on any atom is -0.494 e. The average molecular weight is 369 g/mol. The van der Waals surface area contributed by atoms with Crippen LogP contribution >= 0.6 is 0 Å². The molecule has 0 saturated carbocycles. The van der Waals surface area contributed by atoms with Gasteiger partial charge >= 0.3 is 0 Å². The van der Waals surface area contributed by atoms with Gasteiger partial charge in [0.1, 0.15) is 23.9 Å². The number of carbonyl (C=O) groups excluding carboxylic acids is 1. The molecule has 0 fully saturated rings. The normalized spacial score (nSPS) is 10.6. The quantitative estimate of drug-likeness (QED) is 0.625. The van der Waals surface area contributed by atoms with Gasteiger partial charge in [0.05, 0.1) is 18.8 Å². The van der Waals surface area contributed by atoms with Crippen LogP contribution in [0.5, 0.6) is 11.5 Å². The maximum Gasteiger partial charge on any atom is 0.287 e. The SMILES string of the molecule is CCOc1ccc(OCc2ccc(C(=O)NCc3ccnn3CC)o2)cc1. The Morgan fingerprint density at radius 1 is 1.07 bits per heavy atom. The third-order valence-electron chi connectivity index (χ3n) is 3.94. The van der Waals surface area contributed by atoms with Gasteiger partial charge in [-0.05, 0) is 56.3 Å². The largest absolute Gasteiger partial charge is 0.494 e. The lowest BCUT2D eigenvalue weighted by molar-refractivity contribution is 0.0918. The molecule has 0 spiro atoms. The number of ether oxygens (including phenoxy) is 2. The van der Waals surface area contributed by atoms with E-state index in [4.69, 9.17) is 13.9 Å². The highest BCUT2D eigenvalue weighted by atomic mass is 16.5. The molecule has 1 N–H and O–H groups in total. The van der Waals surface area contributed by atoms with Crippen LogP contribution in [0.1, 0.15) is 35.9 Å². The monoisotopic (exact) mass is 369 g/mol. The van der Waals surface area contributed by atoms with Crippen LogP contribution in [0.3, 0.4) is 0 Å². The summed E-state index contributed by atoms with van der Waals surface area (Å²) in [6, 6.07) is 12.6. The first-order valence-electron chi connectivity index (χ1n) is 8.92. The molecular weight excluding hydrogens is 346 g/mol.